The summed E-state index contributed by atoms with van der Waals surface area (Å²) in [6.45, 7) is 3.43. The van der Waals surface area contributed by atoms with Gasteiger partial charge >= 0.3 is 6.09 Å². The Kier molecular flexibility index (Phi) is 7.47. The van der Waals surface area contributed by atoms with E-state index in [9.17, 15) is 9.59 Å². The lowest BCUT2D eigenvalue weighted by atomic mass is 10.1. The van der Waals surface area contributed by atoms with Crippen LogP contribution in [0.25, 0.3) is 16.8 Å². The van der Waals surface area contributed by atoms with Crippen LogP contribution in [0.3, 0.4) is 0 Å². The molecular weight excluding hydrogens is 538 g/mol. The quantitative estimate of drug-likeness (QED) is 0.245. The van der Waals surface area contributed by atoms with Crippen molar-refractivity contribution in [2.75, 3.05) is 49.2 Å². The van der Waals surface area contributed by atoms with Crippen molar-refractivity contribution >= 4 is 52.1 Å². The summed E-state index contributed by atoms with van der Waals surface area (Å²) in [5.74, 6) is 0.563. The van der Waals surface area contributed by atoms with Gasteiger partial charge in [0.2, 0.25) is 11.9 Å². The first-order chi connectivity index (χ1) is 19.2. The molecule has 14 heteroatoms. The number of rotatable bonds is 7. The molecule has 0 radical (unpaired) electrons. The van der Waals surface area contributed by atoms with Crippen LogP contribution in [-0.4, -0.2) is 80.9 Å². The lowest BCUT2D eigenvalue weighted by Crippen LogP contribution is -2.54. The molecule has 0 bridgehead atoms. The van der Waals surface area contributed by atoms with Crippen molar-refractivity contribution < 1.29 is 19.4 Å². The average Bonchev–Trinajstić information content (AvgIpc) is 3.37. The summed E-state index contributed by atoms with van der Waals surface area (Å²) in [5, 5.41) is 19.0. The molecule has 1 atom stereocenters. The molecule has 1 aliphatic rings. The van der Waals surface area contributed by atoms with Crippen LogP contribution in [-0.2, 0) is 4.79 Å². The van der Waals surface area contributed by atoms with Gasteiger partial charge in [0.1, 0.15) is 11.8 Å². The molecule has 0 aliphatic carbocycles. The number of ether oxygens (including phenoxy) is 1. The van der Waals surface area contributed by atoms with Crippen molar-refractivity contribution in [2.45, 2.75) is 13.0 Å². The molecule has 5 rings (SSSR count). The molecule has 4 heterocycles. The summed E-state index contributed by atoms with van der Waals surface area (Å²) < 4.78 is 7.39. The maximum absolute atomic E-state index is 12.6. The lowest BCUT2D eigenvalue weighted by Gasteiger charge is -2.37. The van der Waals surface area contributed by atoms with Crippen LogP contribution in [0.15, 0.2) is 48.9 Å². The number of aromatic nitrogens is 4. The van der Waals surface area contributed by atoms with Gasteiger partial charge in [0, 0.05) is 44.0 Å². The highest BCUT2D eigenvalue weighted by Gasteiger charge is 2.27. The summed E-state index contributed by atoms with van der Waals surface area (Å²) in [6.07, 6.45) is 3.84. The fourth-order valence-electron chi connectivity index (χ4n) is 4.67. The smallest absolute Gasteiger partial charge is 0.405 e. The van der Waals surface area contributed by atoms with Crippen molar-refractivity contribution in [3.63, 3.8) is 0 Å². The van der Waals surface area contributed by atoms with Gasteiger partial charge < -0.3 is 36.0 Å². The first-order valence-electron chi connectivity index (χ1n) is 12.5. The van der Waals surface area contributed by atoms with E-state index in [4.69, 9.17) is 27.2 Å². The number of methoxy groups -OCH3 is 1. The van der Waals surface area contributed by atoms with E-state index >= 15 is 0 Å². The molecule has 4 aromatic rings. The number of carboxylic acid groups (broad SMARTS) is 1. The molecule has 2 amide bonds. The summed E-state index contributed by atoms with van der Waals surface area (Å²) >= 11 is 6.46. The number of hydrogen-bond acceptors (Lipinski definition) is 9. The minimum Gasteiger partial charge on any atom is -0.494 e. The number of nitrogens with one attached hydrogen (secondary N) is 2. The van der Waals surface area contributed by atoms with Crippen molar-refractivity contribution in [2.24, 2.45) is 0 Å². The number of fused-ring (bicyclic) bond motifs is 1. The van der Waals surface area contributed by atoms with E-state index in [-0.39, 0.29) is 5.91 Å². The number of halogens is 1. The molecule has 5 N–H and O–H groups in total. The second-order valence-corrected chi connectivity index (χ2v) is 9.61. The fourth-order valence-corrected chi connectivity index (χ4v) is 4.86. The zero-order chi connectivity index (χ0) is 28.4. The molecule has 1 saturated heterocycles. The van der Waals surface area contributed by atoms with Gasteiger partial charge in [-0.25, -0.2) is 19.3 Å². The summed E-state index contributed by atoms with van der Waals surface area (Å²) in [4.78, 5) is 36.1. The zero-order valence-electron chi connectivity index (χ0n) is 21.8. The minimum atomic E-state index is -1.23. The topological polar surface area (TPSA) is 163 Å². The molecule has 13 nitrogen and oxygen atoms in total. The normalized spacial score (nSPS) is 14.2. The van der Waals surface area contributed by atoms with Gasteiger partial charge in [-0.05, 0) is 25.1 Å². The van der Waals surface area contributed by atoms with E-state index in [0.717, 1.165) is 16.8 Å². The number of benzene rings is 1. The van der Waals surface area contributed by atoms with Gasteiger partial charge in [-0.1, -0.05) is 17.7 Å². The van der Waals surface area contributed by atoms with Gasteiger partial charge in [0.15, 0.2) is 0 Å². The third-order valence-electron chi connectivity index (χ3n) is 6.66. The third-order valence-corrected chi connectivity index (χ3v) is 6.94. The van der Waals surface area contributed by atoms with Crippen LogP contribution >= 0.6 is 11.6 Å². The Morgan fingerprint density at radius 2 is 1.95 bits per heavy atom. The molecule has 1 aliphatic heterocycles. The zero-order valence-corrected chi connectivity index (χ0v) is 22.6. The number of piperazine rings is 1. The molecule has 1 unspecified atom stereocenters. The van der Waals surface area contributed by atoms with Crippen molar-refractivity contribution in [3.8, 4) is 17.0 Å². The highest BCUT2D eigenvalue weighted by Crippen LogP contribution is 2.37. The monoisotopic (exact) mass is 565 g/mol. The highest BCUT2D eigenvalue weighted by molar-refractivity contribution is 6.33. The Morgan fingerprint density at radius 1 is 1.18 bits per heavy atom. The summed E-state index contributed by atoms with van der Waals surface area (Å²) in [7, 11) is 1.56. The van der Waals surface area contributed by atoms with Gasteiger partial charge in [0.25, 0.3) is 0 Å². The second-order valence-electron chi connectivity index (χ2n) is 9.20. The van der Waals surface area contributed by atoms with Crippen molar-refractivity contribution in [1.82, 2.24) is 29.8 Å². The molecule has 1 fully saturated rings. The third kappa shape index (κ3) is 5.36. The number of pyridine rings is 1. The standard InChI is InChI=1S/C26H28ClN9O4/c1-15(31-26(38)39)24(37)35-9-7-34(8-10-35)21-12-22(40-2)19(11-18(21)28)32-25-29-14-17(27)23(33-25)16-13-30-36-6-4-3-5-20(16)36/h3-6,11-15,31H,7-10,28H2,1-2H3,(H,38,39)(H,29,32,33). The van der Waals surface area contributed by atoms with Crippen LogP contribution < -0.4 is 26.0 Å². The number of nitrogens with zero attached hydrogens (tertiary/aromatic N) is 6. The highest BCUT2D eigenvalue weighted by atomic mass is 35.5. The van der Waals surface area contributed by atoms with Crippen LogP contribution in [0, 0.1) is 0 Å². The molecule has 3 aromatic heterocycles. The Hall–Kier alpha value is -4.78. The Labute approximate surface area is 234 Å². The van der Waals surface area contributed by atoms with Gasteiger partial charge in [-0.15, -0.1) is 0 Å². The number of hydrogen-bond donors (Lipinski definition) is 4. The summed E-state index contributed by atoms with van der Waals surface area (Å²) in [5.41, 5.74) is 10.4. The average molecular weight is 566 g/mol. The maximum atomic E-state index is 12.6. The van der Waals surface area contributed by atoms with E-state index in [1.807, 2.05) is 30.5 Å². The molecule has 0 saturated carbocycles. The SMILES string of the molecule is COc1cc(N2CCN(C(=O)C(C)NC(=O)O)CC2)c(N)cc1Nc1ncc(Cl)c(-c2cnn3ccccc23)n1. The summed E-state index contributed by atoms with van der Waals surface area (Å²) in [6, 6.07) is 8.49. The lowest BCUT2D eigenvalue weighted by molar-refractivity contribution is -0.133. The van der Waals surface area contributed by atoms with E-state index in [1.165, 1.54) is 13.1 Å². The van der Waals surface area contributed by atoms with Crippen molar-refractivity contribution in [1.29, 1.82) is 0 Å². The number of carbonyl (C=O) groups excluding carboxylic acids is 1. The predicted octanol–water partition coefficient (Wildman–Crippen LogP) is 3.08. The van der Waals surface area contributed by atoms with E-state index in [0.29, 0.717) is 60.0 Å². The van der Waals surface area contributed by atoms with Crippen LogP contribution in [0.4, 0.5) is 27.8 Å². The Bertz CT molecular complexity index is 1570. The number of amides is 2. The Morgan fingerprint density at radius 3 is 2.67 bits per heavy atom. The largest absolute Gasteiger partial charge is 0.494 e. The molecule has 40 heavy (non-hydrogen) atoms. The molecule has 1 aromatic carbocycles. The molecule has 208 valence electrons. The fraction of sp³-hybridized carbons (Fsp3) is 0.269. The van der Waals surface area contributed by atoms with Gasteiger partial charge in [0.05, 0.1) is 52.8 Å². The first kappa shape index (κ1) is 26.8. The predicted molar refractivity (Wildman–Crippen MR) is 151 cm³/mol. The second kappa shape index (κ2) is 11.1. The van der Waals surface area contributed by atoms with Crippen molar-refractivity contribution in [3.05, 3.63) is 53.9 Å². The minimum absolute atomic E-state index is 0.265. The van der Waals surface area contributed by atoms with Gasteiger partial charge in [-0.2, -0.15) is 5.10 Å². The number of anilines is 4. The number of nitrogen functional groups attached to an aromatic ring is 1. The maximum Gasteiger partial charge on any atom is 0.405 e. The number of carbonyl (C=O) groups is 2. The molecular formula is C26H28ClN9O4. The van der Waals surface area contributed by atoms with Crippen LogP contribution in [0.1, 0.15) is 6.92 Å². The van der Waals surface area contributed by atoms with Crippen LogP contribution in [0.5, 0.6) is 5.75 Å². The van der Waals surface area contributed by atoms with E-state index in [2.05, 4.69) is 30.6 Å². The van der Waals surface area contributed by atoms with E-state index in [1.54, 1.807) is 28.8 Å². The Balaban J connectivity index is 1.34. The van der Waals surface area contributed by atoms with E-state index < -0.39 is 12.1 Å². The van der Waals surface area contributed by atoms with Crippen LogP contribution in [0.2, 0.25) is 5.02 Å². The number of nitrogens with two attached hydrogens (primary N) is 1. The first-order valence-corrected chi connectivity index (χ1v) is 12.9. The van der Waals surface area contributed by atoms with Gasteiger partial charge in [-0.3, -0.25) is 4.79 Å². The molecule has 0 spiro atoms.